The van der Waals surface area contributed by atoms with Gasteiger partial charge in [0, 0.05) is 15.6 Å². The molecule has 0 bridgehead atoms. The van der Waals surface area contributed by atoms with Crippen LogP contribution < -0.4 is 0 Å². The van der Waals surface area contributed by atoms with Crippen LogP contribution in [0.1, 0.15) is 11.1 Å². The molecule has 0 amide bonds. The third-order valence-electron chi connectivity index (χ3n) is 2.31. The molecule has 0 unspecified atom stereocenters. The van der Waals surface area contributed by atoms with Crippen molar-refractivity contribution in [3.63, 3.8) is 0 Å². The molecule has 0 aromatic heterocycles. The van der Waals surface area contributed by atoms with Crippen molar-refractivity contribution >= 4 is 21.6 Å². The quantitative estimate of drug-likeness (QED) is 0.809. The summed E-state index contributed by atoms with van der Waals surface area (Å²) < 4.78 is 0.973. The van der Waals surface area contributed by atoms with Crippen molar-refractivity contribution in [3.8, 4) is 5.75 Å². The van der Waals surface area contributed by atoms with Crippen molar-refractivity contribution in [2.75, 3.05) is 0 Å². The van der Waals surface area contributed by atoms with Crippen LogP contribution >= 0.6 is 15.9 Å². The fourth-order valence-electron chi connectivity index (χ4n) is 1.46. The normalized spacial score (nSPS) is 10.1. The Labute approximate surface area is 102 Å². The van der Waals surface area contributed by atoms with Gasteiger partial charge in [0.2, 0.25) is 0 Å². The molecule has 0 saturated heterocycles. The molecule has 2 rings (SSSR count). The van der Waals surface area contributed by atoms with Crippen molar-refractivity contribution in [1.29, 1.82) is 5.41 Å². The third-order valence-corrected chi connectivity index (χ3v) is 2.83. The second kappa shape index (κ2) is 4.49. The molecule has 2 N–H and O–H groups in total. The van der Waals surface area contributed by atoms with Gasteiger partial charge in [-0.25, -0.2) is 0 Å². The Morgan fingerprint density at radius 2 is 1.62 bits per heavy atom. The molecule has 16 heavy (non-hydrogen) atoms. The Kier molecular flexibility index (Phi) is 3.06. The third kappa shape index (κ3) is 2.14. The van der Waals surface area contributed by atoms with Crippen LogP contribution in [-0.2, 0) is 0 Å². The van der Waals surface area contributed by atoms with E-state index in [9.17, 15) is 5.11 Å². The average Bonchev–Trinajstić information content (AvgIpc) is 2.30. The summed E-state index contributed by atoms with van der Waals surface area (Å²) in [6.45, 7) is 0. The summed E-state index contributed by atoms with van der Waals surface area (Å²) in [6.07, 6.45) is 0. The second-order valence-corrected chi connectivity index (χ2v) is 4.31. The molecule has 0 heterocycles. The van der Waals surface area contributed by atoms with Gasteiger partial charge in [-0.15, -0.1) is 0 Å². The van der Waals surface area contributed by atoms with Crippen LogP contribution in [0.15, 0.2) is 53.0 Å². The fraction of sp³-hybridized carbons (Fsp3) is 0. The summed E-state index contributed by atoms with van der Waals surface area (Å²) in [5, 5.41) is 17.7. The highest BCUT2D eigenvalue weighted by Gasteiger charge is 2.08. The molecule has 0 saturated carbocycles. The Hall–Kier alpha value is -1.61. The van der Waals surface area contributed by atoms with Crippen molar-refractivity contribution in [1.82, 2.24) is 0 Å². The summed E-state index contributed by atoms with van der Waals surface area (Å²) in [6, 6.07) is 14.3. The highest BCUT2D eigenvalue weighted by molar-refractivity contribution is 9.10. The van der Waals surface area contributed by atoms with E-state index in [1.54, 1.807) is 18.2 Å². The van der Waals surface area contributed by atoms with Crippen LogP contribution in [0.25, 0.3) is 0 Å². The van der Waals surface area contributed by atoms with Crippen LogP contribution in [0.5, 0.6) is 5.75 Å². The smallest absolute Gasteiger partial charge is 0.124 e. The molecule has 2 aromatic rings. The number of para-hydroxylation sites is 1. The number of benzene rings is 2. The molecule has 0 aliphatic heterocycles. The summed E-state index contributed by atoms with van der Waals surface area (Å²) in [7, 11) is 0. The van der Waals surface area contributed by atoms with Gasteiger partial charge in [-0.1, -0.05) is 40.2 Å². The van der Waals surface area contributed by atoms with Gasteiger partial charge >= 0.3 is 0 Å². The first-order chi connectivity index (χ1) is 7.68. The lowest BCUT2D eigenvalue weighted by atomic mass is 10.0. The summed E-state index contributed by atoms with van der Waals surface area (Å²) in [5.74, 6) is 0.135. The largest absolute Gasteiger partial charge is 0.507 e. The van der Waals surface area contributed by atoms with Crippen LogP contribution in [0.2, 0.25) is 0 Å². The number of hydrogen-bond donors (Lipinski definition) is 2. The minimum atomic E-state index is 0.135. The van der Waals surface area contributed by atoms with Gasteiger partial charge in [0.25, 0.3) is 0 Å². The van der Waals surface area contributed by atoms with Gasteiger partial charge in [0.05, 0.1) is 5.71 Å². The SMILES string of the molecule is N=C(c1ccc(Br)cc1)c1ccccc1O. The number of phenolic OH excluding ortho intramolecular Hbond substituents is 1. The van der Waals surface area contributed by atoms with E-state index in [1.165, 1.54) is 0 Å². The topological polar surface area (TPSA) is 44.1 Å². The Bertz CT molecular complexity index is 520. The number of nitrogens with one attached hydrogen (secondary N) is 1. The van der Waals surface area contributed by atoms with Crippen LogP contribution in [0.4, 0.5) is 0 Å². The van der Waals surface area contributed by atoms with Gasteiger partial charge in [-0.3, -0.25) is 5.41 Å². The molecule has 80 valence electrons. The summed E-state index contributed by atoms with van der Waals surface area (Å²) in [4.78, 5) is 0. The minimum absolute atomic E-state index is 0.135. The number of hydrogen-bond acceptors (Lipinski definition) is 2. The number of rotatable bonds is 2. The van der Waals surface area contributed by atoms with Crippen LogP contribution in [0.3, 0.4) is 0 Å². The van der Waals surface area contributed by atoms with Gasteiger partial charge in [0.15, 0.2) is 0 Å². The molecule has 0 radical (unpaired) electrons. The second-order valence-electron chi connectivity index (χ2n) is 3.40. The first-order valence-electron chi connectivity index (χ1n) is 4.81. The fourth-order valence-corrected chi connectivity index (χ4v) is 1.72. The molecule has 0 aliphatic rings. The Balaban J connectivity index is 2.40. The van der Waals surface area contributed by atoms with Crippen molar-refractivity contribution in [2.45, 2.75) is 0 Å². The van der Waals surface area contributed by atoms with E-state index in [4.69, 9.17) is 5.41 Å². The molecule has 3 heteroatoms. The maximum Gasteiger partial charge on any atom is 0.124 e. The molecule has 0 fully saturated rings. The maximum absolute atomic E-state index is 9.65. The lowest BCUT2D eigenvalue weighted by Crippen LogP contribution is -2.01. The minimum Gasteiger partial charge on any atom is -0.507 e. The molecule has 2 nitrogen and oxygen atoms in total. The molecule has 2 aromatic carbocycles. The van der Waals surface area contributed by atoms with Crippen LogP contribution in [0, 0.1) is 5.41 Å². The van der Waals surface area contributed by atoms with Gasteiger partial charge in [-0.05, 0) is 24.3 Å². The predicted molar refractivity (Wildman–Crippen MR) is 68.2 cm³/mol. The highest BCUT2D eigenvalue weighted by Crippen LogP contribution is 2.20. The zero-order valence-electron chi connectivity index (χ0n) is 8.44. The predicted octanol–water partition coefficient (Wildman–Crippen LogP) is 3.57. The summed E-state index contributed by atoms with van der Waals surface area (Å²) >= 11 is 3.35. The Morgan fingerprint density at radius 1 is 1.00 bits per heavy atom. The monoisotopic (exact) mass is 275 g/mol. The van der Waals surface area contributed by atoms with E-state index in [0.29, 0.717) is 11.3 Å². The van der Waals surface area contributed by atoms with E-state index < -0.39 is 0 Å². The number of aromatic hydroxyl groups is 1. The van der Waals surface area contributed by atoms with Gasteiger partial charge in [0.1, 0.15) is 5.75 Å². The van der Waals surface area contributed by atoms with E-state index >= 15 is 0 Å². The van der Waals surface area contributed by atoms with E-state index in [-0.39, 0.29) is 5.75 Å². The highest BCUT2D eigenvalue weighted by atomic mass is 79.9. The lowest BCUT2D eigenvalue weighted by molar-refractivity contribution is 0.474. The number of phenols is 1. The van der Waals surface area contributed by atoms with Gasteiger partial charge in [-0.2, -0.15) is 0 Å². The summed E-state index contributed by atoms with van der Waals surface area (Å²) in [5.41, 5.74) is 1.65. The first kappa shape index (κ1) is 10.9. The molecular formula is C13H10BrNO. The maximum atomic E-state index is 9.65. The number of halogens is 1. The van der Waals surface area contributed by atoms with E-state index in [0.717, 1.165) is 10.0 Å². The first-order valence-corrected chi connectivity index (χ1v) is 5.60. The van der Waals surface area contributed by atoms with Crippen LogP contribution in [-0.4, -0.2) is 10.8 Å². The standard InChI is InChI=1S/C13H10BrNO/c14-10-7-5-9(6-8-10)13(15)11-3-1-2-4-12(11)16/h1-8,15-16H. The average molecular weight is 276 g/mol. The molecular weight excluding hydrogens is 266 g/mol. The van der Waals surface area contributed by atoms with E-state index in [1.807, 2.05) is 30.3 Å². The zero-order valence-corrected chi connectivity index (χ0v) is 10.0. The van der Waals surface area contributed by atoms with Gasteiger partial charge < -0.3 is 5.11 Å². The van der Waals surface area contributed by atoms with Crippen molar-refractivity contribution in [3.05, 3.63) is 64.1 Å². The zero-order chi connectivity index (χ0) is 11.5. The lowest BCUT2D eigenvalue weighted by Gasteiger charge is -2.06. The van der Waals surface area contributed by atoms with Crippen molar-refractivity contribution < 1.29 is 5.11 Å². The Morgan fingerprint density at radius 3 is 2.25 bits per heavy atom. The molecule has 0 atom stereocenters. The van der Waals surface area contributed by atoms with E-state index in [2.05, 4.69) is 15.9 Å². The van der Waals surface area contributed by atoms with Crippen molar-refractivity contribution in [2.24, 2.45) is 0 Å². The molecule has 0 spiro atoms. The molecule has 0 aliphatic carbocycles.